The van der Waals surface area contributed by atoms with Crippen LogP contribution in [-0.4, -0.2) is 17.1 Å². The van der Waals surface area contributed by atoms with Crippen LogP contribution in [0.1, 0.15) is 21.6 Å². The van der Waals surface area contributed by atoms with E-state index in [4.69, 9.17) is 0 Å². The Labute approximate surface area is 136 Å². The summed E-state index contributed by atoms with van der Waals surface area (Å²) >= 11 is 3.37. The molecule has 0 saturated heterocycles. The van der Waals surface area contributed by atoms with Crippen LogP contribution in [0.15, 0.2) is 58.1 Å². The fraction of sp³-hybridized carbons (Fsp3) is 0.0588. The SMILES string of the molecule is Cc1cccc2cc(C(=O)NN=Cc3ccc(Br)cc3)[nH]c12. The van der Waals surface area contributed by atoms with E-state index in [-0.39, 0.29) is 5.91 Å². The highest BCUT2D eigenvalue weighted by atomic mass is 79.9. The molecule has 0 spiro atoms. The van der Waals surface area contributed by atoms with Crippen LogP contribution in [0.25, 0.3) is 10.9 Å². The molecule has 3 rings (SSSR count). The molecule has 0 saturated carbocycles. The molecule has 1 heterocycles. The van der Waals surface area contributed by atoms with Crippen LogP contribution in [0.3, 0.4) is 0 Å². The maximum Gasteiger partial charge on any atom is 0.287 e. The van der Waals surface area contributed by atoms with Gasteiger partial charge < -0.3 is 4.98 Å². The Bertz CT molecular complexity index is 850. The van der Waals surface area contributed by atoms with Crippen molar-refractivity contribution in [3.05, 3.63) is 69.8 Å². The number of hydrogen-bond donors (Lipinski definition) is 2. The van der Waals surface area contributed by atoms with Crippen molar-refractivity contribution in [2.75, 3.05) is 0 Å². The molecule has 0 radical (unpaired) electrons. The molecular formula is C17H14BrN3O. The van der Waals surface area contributed by atoms with E-state index in [0.717, 1.165) is 26.5 Å². The largest absolute Gasteiger partial charge is 0.350 e. The summed E-state index contributed by atoms with van der Waals surface area (Å²) in [5, 5.41) is 5.00. The van der Waals surface area contributed by atoms with Crippen LogP contribution >= 0.6 is 15.9 Å². The topological polar surface area (TPSA) is 57.2 Å². The van der Waals surface area contributed by atoms with Gasteiger partial charge in [0.1, 0.15) is 5.69 Å². The van der Waals surface area contributed by atoms with Gasteiger partial charge in [-0.3, -0.25) is 4.79 Å². The van der Waals surface area contributed by atoms with Crippen molar-refractivity contribution in [3.63, 3.8) is 0 Å². The van der Waals surface area contributed by atoms with Crippen LogP contribution in [0.4, 0.5) is 0 Å². The van der Waals surface area contributed by atoms with Gasteiger partial charge >= 0.3 is 0 Å². The van der Waals surface area contributed by atoms with E-state index in [0.29, 0.717) is 5.69 Å². The Morgan fingerprint density at radius 3 is 2.73 bits per heavy atom. The van der Waals surface area contributed by atoms with E-state index in [2.05, 4.69) is 31.4 Å². The van der Waals surface area contributed by atoms with Gasteiger partial charge in [0.25, 0.3) is 5.91 Å². The number of rotatable bonds is 3. The van der Waals surface area contributed by atoms with E-state index in [9.17, 15) is 4.79 Å². The minimum absolute atomic E-state index is 0.260. The molecule has 0 aliphatic carbocycles. The van der Waals surface area contributed by atoms with E-state index in [1.54, 1.807) is 6.21 Å². The molecule has 2 aromatic carbocycles. The number of aromatic nitrogens is 1. The predicted molar refractivity (Wildman–Crippen MR) is 92.2 cm³/mol. The fourth-order valence-electron chi connectivity index (χ4n) is 2.20. The number of nitrogens with zero attached hydrogens (tertiary/aromatic N) is 1. The number of nitrogens with one attached hydrogen (secondary N) is 2. The van der Waals surface area contributed by atoms with Gasteiger partial charge in [0.2, 0.25) is 0 Å². The van der Waals surface area contributed by atoms with E-state index in [1.165, 1.54) is 0 Å². The van der Waals surface area contributed by atoms with Gasteiger partial charge in [0.15, 0.2) is 0 Å². The van der Waals surface area contributed by atoms with Crippen LogP contribution < -0.4 is 5.43 Å². The summed E-state index contributed by atoms with van der Waals surface area (Å²) in [5.41, 5.74) is 6.02. The Balaban J connectivity index is 1.73. The number of para-hydroxylation sites is 1. The van der Waals surface area contributed by atoms with Crippen molar-refractivity contribution in [1.82, 2.24) is 10.4 Å². The summed E-state index contributed by atoms with van der Waals surface area (Å²) in [6.07, 6.45) is 1.61. The molecule has 22 heavy (non-hydrogen) atoms. The molecule has 3 aromatic rings. The number of aromatic amines is 1. The lowest BCUT2D eigenvalue weighted by molar-refractivity contribution is 0.0951. The number of aryl methyl sites for hydroxylation is 1. The highest BCUT2D eigenvalue weighted by molar-refractivity contribution is 9.10. The van der Waals surface area contributed by atoms with E-state index in [1.807, 2.05) is 55.5 Å². The molecule has 0 bridgehead atoms. The van der Waals surface area contributed by atoms with E-state index < -0.39 is 0 Å². The number of hydrogen-bond acceptors (Lipinski definition) is 2. The van der Waals surface area contributed by atoms with Crippen molar-refractivity contribution in [1.29, 1.82) is 0 Å². The Morgan fingerprint density at radius 2 is 2.00 bits per heavy atom. The monoisotopic (exact) mass is 355 g/mol. The van der Waals surface area contributed by atoms with Crippen molar-refractivity contribution in [2.45, 2.75) is 6.92 Å². The molecule has 0 unspecified atom stereocenters. The standard InChI is InChI=1S/C17H14BrN3O/c1-11-3-2-4-13-9-15(20-16(11)13)17(22)21-19-10-12-5-7-14(18)8-6-12/h2-10,20H,1H3,(H,21,22). The highest BCUT2D eigenvalue weighted by Crippen LogP contribution is 2.18. The van der Waals surface area contributed by atoms with Gasteiger partial charge in [0.05, 0.1) is 6.21 Å². The number of H-pyrrole nitrogens is 1. The molecule has 5 heteroatoms. The smallest absolute Gasteiger partial charge is 0.287 e. The second-order valence-electron chi connectivity index (χ2n) is 4.97. The summed E-state index contributed by atoms with van der Waals surface area (Å²) in [6, 6.07) is 15.4. The van der Waals surface area contributed by atoms with Crippen LogP contribution in [0, 0.1) is 6.92 Å². The van der Waals surface area contributed by atoms with Gasteiger partial charge in [-0.2, -0.15) is 5.10 Å². The molecule has 2 N–H and O–H groups in total. The van der Waals surface area contributed by atoms with Crippen LogP contribution in [-0.2, 0) is 0 Å². The Kier molecular flexibility index (Phi) is 4.06. The minimum Gasteiger partial charge on any atom is -0.350 e. The lowest BCUT2D eigenvalue weighted by Gasteiger charge is -1.97. The van der Waals surface area contributed by atoms with Gasteiger partial charge in [-0.15, -0.1) is 0 Å². The van der Waals surface area contributed by atoms with Gasteiger partial charge in [0, 0.05) is 15.4 Å². The Morgan fingerprint density at radius 1 is 1.23 bits per heavy atom. The van der Waals surface area contributed by atoms with Crippen molar-refractivity contribution < 1.29 is 4.79 Å². The first-order chi connectivity index (χ1) is 10.6. The average molecular weight is 356 g/mol. The number of carbonyl (C=O) groups is 1. The summed E-state index contributed by atoms with van der Waals surface area (Å²) < 4.78 is 1.00. The second kappa shape index (κ2) is 6.15. The Hall–Kier alpha value is -2.40. The normalized spacial score (nSPS) is 11.2. The van der Waals surface area contributed by atoms with Crippen LogP contribution in [0.2, 0.25) is 0 Å². The third-order valence-electron chi connectivity index (χ3n) is 3.36. The van der Waals surface area contributed by atoms with Crippen LogP contribution in [0.5, 0.6) is 0 Å². The predicted octanol–water partition coefficient (Wildman–Crippen LogP) is 4.00. The number of benzene rings is 2. The first kappa shape index (κ1) is 14.5. The molecule has 4 nitrogen and oxygen atoms in total. The third kappa shape index (κ3) is 3.09. The lowest BCUT2D eigenvalue weighted by atomic mass is 10.2. The maximum absolute atomic E-state index is 12.1. The number of amides is 1. The van der Waals surface area contributed by atoms with Gasteiger partial charge in [-0.1, -0.05) is 46.3 Å². The molecule has 110 valence electrons. The maximum atomic E-state index is 12.1. The third-order valence-corrected chi connectivity index (χ3v) is 3.89. The van der Waals surface area contributed by atoms with Gasteiger partial charge in [-0.25, -0.2) is 5.43 Å². The summed E-state index contributed by atoms with van der Waals surface area (Å²) in [5.74, 6) is -0.260. The molecule has 0 aliphatic heterocycles. The number of carbonyl (C=O) groups excluding carboxylic acids is 1. The van der Waals surface area contributed by atoms with Gasteiger partial charge in [-0.05, 0) is 36.2 Å². The van der Waals surface area contributed by atoms with Crippen molar-refractivity contribution in [3.8, 4) is 0 Å². The van der Waals surface area contributed by atoms with Crippen molar-refractivity contribution in [2.24, 2.45) is 5.10 Å². The van der Waals surface area contributed by atoms with Crippen molar-refractivity contribution >= 4 is 39.0 Å². The average Bonchev–Trinajstić information content (AvgIpc) is 2.95. The first-order valence-electron chi connectivity index (χ1n) is 6.81. The molecule has 0 atom stereocenters. The lowest BCUT2D eigenvalue weighted by Crippen LogP contribution is -2.17. The highest BCUT2D eigenvalue weighted by Gasteiger charge is 2.09. The zero-order chi connectivity index (χ0) is 15.5. The zero-order valence-electron chi connectivity index (χ0n) is 11.9. The molecule has 1 aromatic heterocycles. The molecular weight excluding hydrogens is 342 g/mol. The molecule has 0 fully saturated rings. The number of fused-ring (bicyclic) bond motifs is 1. The second-order valence-corrected chi connectivity index (χ2v) is 5.89. The summed E-state index contributed by atoms with van der Waals surface area (Å²) in [4.78, 5) is 15.2. The minimum atomic E-state index is -0.260. The summed E-state index contributed by atoms with van der Waals surface area (Å²) in [7, 11) is 0. The molecule has 0 aliphatic rings. The quantitative estimate of drug-likeness (QED) is 0.541. The molecule has 1 amide bonds. The number of halogens is 1. The summed E-state index contributed by atoms with van der Waals surface area (Å²) in [6.45, 7) is 2.01. The van der Waals surface area contributed by atoms with E-state index >= 15 is 0 Å². The fourth-order valence-corrected chi connectivity index (χ4v) is 2.47. The first-order valence-corrected chi connectivity index (χ1v) is 7.60. The zero-order valence-corrected chi connectivity index (χ0v) is 13.5. The number of hydrazone groups is 1.